The molecule has 0 aliphatic carbocycles. The van der Waals surface area contributed by atoms with Crippen LogP contribution in [-0.4, -0.2) is 56.3 Å². The van der Waals surface area contributed by atoms with E-state index in [0.29, 0.717) is 31.1 Å². The number of ether oxygens (including phenoxy) is 2. The number of furan rings is 1. The van der Waals surface area contributed by atoms with Crippen LogP contribution in [0.2, 0.25) is 0 Å². The molecule has 1 aromatic heterocycles. The van der Waals surface area contributed by atoms with Crippen LogP contribution in [0.15, 0.2) is 28.7 Å². The maximum Gasteiger partial charge on any atom is 0.287 e. The summed E-state index contributed by atoms with van der Waals surface area (Å²) < 4.78 is 16.7. The summed E-state index contributed by atoms with van der Waals surface area (Å²) in [5.41, 5.74) is 1.53. The van der Waals surface area contributed by atoms with Gasteiger partial charge in [0, 0.05) is 43.2 Å². The molecule has 2 aromatic rings. The lowest BCUT2D eigenvalue weighted by Crippen LogP contribution is -2.47. The number of nitrogens with one attached hydrogen (secondary N) is 1. The number of fused-ring (bicyclic) bond motifs is 1. The zero-order chi connectivity index (χ0) is 17.6. The molecule has 1 amide bonds. The molecule has 3 rings (SSSR count). The second-order valence-electron chi connectivity index (χ2n) is 6.25. The summed E-state index contributed by atoms with van der Waals surface area (Å²) in [5, 5.41) is 3.94. The fourth-order valence-corrected chi connectivity index (χ4v) is 3.10. The molecule has 1 aromatic carbocycles. The predicted molar refractivity (Wildman–Crippen MR) is 95.7 cm³/mol. The molecule has 0 saturated carbocycles. The second kappa shape index (κ2) is 8.47. The van der Waals surface area contributed by atoms with Crippen LogP contribution in [0.25, 0.3) is 11.0 Å². The van der Waals surface area contributed by atoms with E-state index in [9.17, 15) is 4.79 Å². The quantitative estimate of drug-likeness (QED) is 0.834. The van der Waals surface area contributed by atoms with Crippen molar-refractivity contribution in [1.82, 2.24) is 10.2 Å². The Labute approximate surface area is 148 Å². The lowest BCUT2D eigenvalue weighted by atomic mass is 10.1. The van der Waals surface area contributed by atoms with Gasteiger partial charge >= 0.3 is 0 Å². The summed E-state index contributed by atoms with van der Waals surface area (Å²) in [5.74, 6) is 0.162. The van der Waals surface area contributed by atoms with Gasteiger partial charge < -0.3 is 19.2 Å². The average molecular weight is 346 g/mol. The Morgan fingerprint density at radius 2 is 2.08 bits per heavy atom. The summed E-state index contributed by atoms with van der Waals surface area (Å²) in [4.78, 5) is 15.0. The van der Waals surface area contributed by atoms with Crippen molar-refractivity contribution in [1.29, 1.82) is 0 Å². The molecule has 1 fully saturated rings. The minimum atomic E-state index is -0.189. The molecule has 0 unspecified atom stereocenters. The van der Waals surface area contributed by atoms with Gasteiger partial charge in [0.05, 0.1) is 19.8 Å². The van der Waals surface area contributed by atoms with Gasteiger partial charge in [-0.15, -0.1) is 0 Å². The van der Waals surface area contributed by atoms with E-state index in [1.807, 2.05) is 31.2 Å². The molecule has 0 radical (unpaired) electrons. The summed E-state index contributed by atoms with van der Waals surface area (Å²) in [6.07, 6.45) is 0. The van der Waals surface area contributed by atoms with E-state index in [4.69, 9.17) is 13.9 Å². The molecule has 1 aliphatic rings. The molecule has 1 atom stereocenters. The molecule has 0 bridgehead atoms. The lowest BCUT2D eigenvalue weighted by Gasteiger charge is -2.32. The minimum absolute atomic E-state index is 0.189. The van der Waals surface area contributed by atoms with Crippen molar-refractivity contribution in [2.24, 2.45) is 0 Å². The number of hydrogen-bond acceptors (Lipinski definition) is 5. The molecular formula is C19H26N2O4. The van der Waals surface area contributed by atoms with Crippen LogP contribution in [0.4, 0.5) is 0 Å². The van der Waals surface area contributed by atoms with E-state index < -0.39 is 0 Å². The van der Waals surface area contributed by atoms with E-state index in [0.717, 1.165) is 37.3 Å². The van der Waals surface area contributed by atoms with E-state index in [-0.39, 0.29) is 11.9 Å². The lowest BCUT2D eigenvalue weighted by molar-refractivity contribution is 0.0203. The highest BCUT2D eigenvalue weighted by Crippen LogP contribution is 2.26. The Balaban J connectivity index is 1.70. The van der Waals surface area contributed by atoms with E-state index in [1.165, 1.54) is 0 Å². The van der Waals surface area contributed by atoms with Crippen molar-refractivity contribution in [3.8, 4) is 0 Å². The van der Waals surface area contributed by atoms with Gasteiger partial charge in [-0.1, -0.05) is 18.2 Å². The average Bonchev–Trinajstić information content (AvgIpc) is 3.03. The first-order valence-electron chi connectivity index (χ1n) is 8.88. The summed E-state index contributed by atoms with van der Waals surface area (Å²) >= 11 is 0. The van der Waals surface area contributed by atoms with Gasteiger partial charge in [0.2, 0.25) is 0 Å². The van der Waals surface area contributed by atoms with Crippen molar-refractivity contribution in [3.05, 3.63) is 35.6 Å². The summed E-state index contributed by atoms with van der Waals surface area (Å²) in [6, 6.07) is 7.93. The van der Waals surface area contributed by atoms with Crippen molar-refractivity contribution >= 4 is 16.9 Å². The Morgan fingerprint density at radius 1 is 1.32 bits per heavy atom. The fourth-order valence-electron chi connectivity index (χ4n) is 3.10. The third-order valence-corrected chi connectivity index (χ3v) is 4.58. The van der Waals surface area contributed by atoms with E-state index in [1.54, 1.807) is 0 Å². The minimum Gasteiger partial charge on any atom is -0.451 e. The first kappa shape index (κ1) is 17.9. The van der Waals surface area contributed by atoms with Crippen LogP contribution in [0.1, 0.15) is 30.0 Å². The number of benzene rings is 1. The third kappa shape index (κ3) is 4.21. The zero-order valence-electron chi connectivity index (χ0n) is 14.9. The fraction of sp³-hybridized carbons (Fsp3) is 0.526. The highest BCUT2D eigenvalue weighted by atomic mass is 16.5. The number of morpholine rings is 1. The van der Waals surface area contributed by atoms with Gasteiger partial charge in [-0.25, -0.2) is 0 Å². The molecule has 0 spiro atoms. The highest BCUT2D eigenvalue weighted by Gasteiger charge is 2.22. The monoisotopic (exact) mass is 346 g/mol. The Kier molecular flexibility index (Phi) is 6.07. The van der Waals surface area contributed by atoms with Gasteiger partial charge in [-0.2, -0.15) is 0 Å². The van der Waals surface area contributed by atoms with Gasteiger partial charge in [0.15, 0.2) is 5.76 Å². The molecule has 25 heavy (non-hydrogen) atoms. The molecule has 6 nitrogen and oxygen atoms in total. The number of para-hydroxylation sites is 1. The summed E-state index contributed by atoms with van der Waals surface area (Å²) in [6.45, 7) is 8.89. The molecule has 1 N–H and O–H groups in total. The summed E-state index contributed by atoms with van der Waals surface area (Å²) in [7, 11) is 0. The largest absolute Gasteiger partial charge is 0.451 e. The Morgan fingerprint density at radius 3 is 2.84 bits per heavy atom. The van der Waals surface area contributed by atoms with E-state index >= 15 is 0 Å². The number of carbonyl (C=O) groups excluding carboxylic acids is 1. The first-order valence-corrected chi connectivity index (χ1v) is 8.88. The molecule has 136 valence electrons. The van der Waals surface area contributed by atoms with Crippen LogP contribution < -0.4 is 5.32 Å². The molecule has 2 heterocycles. The smallest absolute Gasteiger partial charge is 0.287 e. The molecule has 1 saturated heterocycles. The van der Waals surface area contributed by atoms with E-state index in [2.05, 4.69) is 17.1 Å². The van der Waals surface area contributed by atoms with Crippen molar-refractivity contribution in [2.75, 3.05) is 39.5 Å². The highest BCUT2D eigenvalue weighted by molar-refractivity contribution is 5.99. The molecular weight excluding hydrogens is 320 g/mol. The SMILES string of the molecule is CCOCc1c(C(=O)NC[C@@H](C)N2CCOCC2)oc2ccccc12. The topological polar surface area (TPSA) is 63.9 Å². The zero-order valence-corrected chi connectivity index (χ0v) is 14.9. The predicted octanol–water partition coefficient (Wildman–Crippen LogP) is 2.42. The Hall–Kier alpha value is -1.89. The molecule has 6 heteroatoms. The standard InChI is InChI=1S/C19H26N2O4/c1-3-23-13-16-15-6-4-5-7-17(15)25-18(16)19(22)20-12-14(2)21-8-10-24-11-9-21/h4-7,14H,3,8-13H2,1-2H3,(H,20,22)/t14-/m1/s1. The van der Waals surface area contributed by atoms with Crippen LogP contribution in [0, 0.1) is 0 Å². The number of carbonyl (C=O) groups is 1. The van der Waals surface area contributed by atoms with Crippen LogP contribution >= 0.6 is 0 Å². The number of nitrogens with zero attached hydrogens (tertiary/aromatic N) is 1. The first-order chi connectivity index (χ1) is 12.2. The van der Waals surface area contributed by atoms with Gasteiger partial charge in [-0.3, -0.25) is 9.69 Å². The van der Waals surface area contributed by atoms with Crippen LogP contribution in [-0.2, 0) is 16.1 Å². The number of amides is 1. The van der Waals surface area contributed by atoms with Crippen molar-refractivity contribution in [3.63, 3.8) is 0 Å². The van der Waals surface area contributed by atoms with Crippen molar-refractivity contribution < 1.29 is 18.7 Å². The van der Waals surface area contributed by atoms with Gasteiger partial charge in [-0.05, 0) is 19.9 Å². The second-order valence-corrected chi connectivity index (χ2v) is 6.25. The Bertz CT molecular complexity index is 707. The van der Waals surface area contributed by atoms with Crippen LogP contribution in [0.3, 0.4) is 0 Å². The third-order valence-electron chi connectivity index (χ3n) is 4.58. The van der Waals surface area contributed by atoms with Gasteiger partial charge in [0.25, 0.3) is 5.91 Å². The van der Waals surface area contributed by atoms with Gasteiger partial charge in [0.1, 0.15) is 5.58 Å². The number of hydrogen-bond donors (Lipinski definition) is 1. The number of rotatable bonds is 7. The van der Waals surface area contributed by atoms with Crippen LogP contribution in [0.5, 0.6) is 0 Å². The normalized spacial score (nSPS) is 16.9. The molecule has 1 aliphatic heterocycles. The maximum absolute atomic E-state index is 12.7. The maximum atomic E-state index is 12.7. The van der Waals surface area contributed by atoms with Crippen molar-refractivity contribution in [2.45, 2.75) is 26.5 Å².